The molecule has 3 fully saturated rings. The van der Waals surface area contributed by atoms with E-state index in [9.17, 15) is 0 Å². The quantitative estimate of drug-likeness (QED) is 0.809. The maximum absolute atomic E-state index is 3.98. The Morgan fingerprint density at radius 1 is 1.00 bits per heavy atom. The Hall–Kier alpha value is 0.270. The number of hydrogen-bond acceptors (Lipinski definition) is 3. The molecule has 0 aromatic rings. The smallest absolute Gasteiger partial charge is 0.0161 e. The lowest BCUT2D eigenvalue weighted by atomic mass is 9.92. The fraction of sp³-hybridized carbons (Fsp3) is 1.00. The van der Waals surface area contributed by atoms with Crippen molar-refractivity contribution in [1.82, 2.24) is 10.6 Å². The molecular weight excluding hydrogens is 228 g/mol. The van der Waals surface area contributed by atoms with Gasteiger partial charge in [-0.25, -0.2) is 0 Å². The highest BCUT2D eigenvalue weighted by molar-refractivity contribution is 7.99. The summed E-state index contributed by atoms with van der Waals surface area (Å²) in [7, 11) is 0. The molecule has 2 saturated heterocycles. The zero-order valence-corrected chi connectivity index (χ0v) is 11.6. The molecule has 3 heteroatoms. The SMILES string of the molecule is C1CSCC(NC2CCCC2C2CCCN2)C1. The predicted molar refractivity (Wildman–Crippen MR) is 75.6 cm³/mol. The Bertz CT molecular complexity index is 234. The van der Waals surface area contributed by atoms with Crippen molar-refractivity contribution in [3.05, 3.63) is 0 Å². The van der Waals surface area contributed by atoms with Gasteiger partial charge >= 0.3 is 0 Å². The lowest BCUT2D eigenvalue weighted by Gasteiger charge is -2.32. The van der Waals surface area contributed by atoms with Crippen molar-refractivity contribution < 1.29 is 0 Å². The summed E-state index contributed by atoms with van der Waals surface area (Å²) in [6, 6.07) is 2.45. The predicted octanol–water partition coefficient (Wildman–Crippen LogP) is 2.39. The third kappa shape index (κ3) is 2.99. The van der Waals surface area contributed by atoms with Crippen molar-refractivity contribution in [2.75, 3.05) is 18.1 Å². The van der Waals surface area contributed by atoms with Crippen LogP contribution in [0.25, 0.3) is 0 Å². The second-order valence-electron chi connectivity index (χ2n) is 5.98. The summed E-state index contributed by atoms with van der Waals surface area (Å²) < 4.78 is 0. The molecule has 2 N–H and O–H groups in total. The maximum atomic E-state index is 3.98. The summed E-state index contributed by atoms with van der Waals surface area (Å²) in [4.78, 5) is 0. The summed E-state index contributed by atoms with van der Waals surface area (Å²) in [6.07, 6.45) is 9.96. The topological polar surface area (TPSA) is 24.1 Å². The lowest BCUT2D eigenvalue weighted by molar-refractivity contribution is 0.297. The van der Waals surface area contributed by atoms with Crippen LogP contribution in [-0.4, -0.2) is 36.2 Å². The second-order valence-corrected chi connectivity index (χ2v) is 7.13. The van der Waals surface area contributed by atoms with Crippen molar-refractivity contribution in [3.63, 3.8) is 0 Å². The molecule has 4 atom stereocenters. The molecule has 2 aliphatic heterocycles. The van der Waals surface area contributed by atoms with E-state index >= 15 is 0 Å². The summed E-state index contributed by atoms with van der Waals surface area (Å²) in [5.41, 5.74) is 0. The van der Waals surface area contributed by atoms with E-state index in [1.165, 1.54) is 63.0 Å². The van der Waals surface area contributed by atoms with Gasteiger partial charge in [-0.15, -0.1) is 0 Å². The van der Waals surface area contributed by atoms with Gasteiger partial charge in [-0.05, 0) is 56.7 Å². The first-order chi connectivity index (χ1) is 8.43. The molecule has 0 radical (unpaired) electrons. The molecule has 2 heterocycles. The van der Waals surface area contributed by atoms with Gasteiger partial charge in [-0.3, -0.25) is 0 Å². The third-order valence-corrected chi connectivity index (χ3v) is 6.01. The third-order valence-electron chi connectivity index (χ3n) is 4.79. The van der Waals surface area contributed by atoms with Crippen LogP contribution in [0.15, 0.2) is 0 Å². The van der Waals surface area contributed by atoms with E-state index in [2.05, 4.69) is 22.4 Å². The van der Waals surface area contributed by atoms with Crippen LogP contribution in [-0.2, 0) is 0 Å². The van der Waals surface area contributed by atoms with Crippen LogP contribution in [0.1, 0.15) is 44.9 Å². The molecular formula is C14H26N2S. The van der Waals surface area contributed by atoms with Crippen molar-refractivity contribution >= 4 is 11.8 Å². The van der Waals surface area contributed by atoms with E-state index in [1.54, 1.807) is 0 Å². The van der Waals surface area contributed by atoms with Crippen LogP contribution in [0.5, 0.6) is 0 Å². The highest BCUT2D eigenvalue weighted by atomic mass is 32.2. The standard InChI is InChI=1S/C14H26N2S/c1-5-12(13-7-2-8-15-13)14(6-1)16-11-4-3-9-17-10-11/h11-16H,1-10H2. The highest BCUT2D eigenvalue weighted by Gasteiger charge is 2.35. The van der Waals surface area contributed by atoms with Crippen molar-refractivity contribution in [2.24, 2.45) is 5.92 Å². The Balaban J connectivity index is 1.53. The van der Waals surface area contributed by atoms with Crippen LogP contribution in [0, 0.1) is 5.92 Å². The zero-order chi connectivity index (χ0) is 11.5. The minimum absolute atomic E-state index is 0.806. The summed E-state index contributed by atoms with van der Waals surface area (Å²) >= 11 is 2.14. The van der Waals surface area contributed by atoms with E-state index in [0.29, 0.717) is 0 Å². The van der Waals surface area contributed by atoms with E-state index in [1.807, 2.05) is 0 Å². The van der Waals surface area contributed by atoms with Crippen LogP contribution in [0.3, 0.4) is 0 Å². The molecule has 1 aliphatic carbocycles. The number of rotatable bonds is 3. The van der Waals surface area contributed by atoms with Gasteiger partial charge in [0, 0.05) is 23.9 Å². The van der Waals surface area contributed by atoms with Crippen molar-refractivity contribution in [1.29, 1.82) is 0 Å². The van der Waals surface area contributed by atoms with E-state index in [4.69, 9.17) is 0 Å². The Morgan fingerprint density at radius 2 is 2.00 bits per heavy atom. The second kappa shape index (κ2) is 5.94. The molecule has 2 nitrogen and oxygen atoms in total. The average Bonchev–Trinajstić information content (AvgIpc) is 3.00. The van der Waals surface area contributed by atoms with E-state index < -0.39 is 0 Å². The summed E-state index contributed by atoms with van der Waals surface area (Å²) in [5, 5.41) is 7.70. The van der Waals surface area contributed by atoms with Gasteiger partial charge in [-0.2, -0.15) is 11.8 Å². The molecule has 0 amide bonds. The van der Waals surface area contributed by atoms with Gasteiger partial charge in [-0.1, -0.05) is 6.42 Å². The normalized spacial score (nSPS) is 43.1. The lowest BCUT2D eigenvalue weighted by Crippen LogP contribution is -2.47. The van der Waals surface area contributed by atoms with Gasteiger partial charge in [0.05, 0.1) is 0 Å². The molecule has 3 rings (SSSR count). The number of hydrogen-bond donors (Lipinski definition) is 2. The number of thioether (sulfide) groups is 1. The van der Waals surface area contributed by atoms with Gasteiger partial charge in [0.2, 0.25) is 0 Å². The largest absolute Gasteiger partial charge is 0.314 e. The Kier molecular flexibility index (Phi) is 4.30. The fourth-order valence-corrected chi connectivity index (χ4v) is 5.01. The van der Waals surface area contributed by atoms with Crippen molar-refractivity contribution in [2.45, 2.75) is 63.1 Å². The molecule has 0 bridgehead atoms. The van der Waals surface area contributed by atoms with Crippen LogP contribution in [0.2, 0.25) is 0 Å². The molecule has 4 unspecified atom stereocenters. The first-order valence-corrected chi connectivity index (χ1v) is 8.66. The molecule has 0 aromatic carbocycles. The van der Waals surface area contributed by atoms with Gasteiger partial charge in [0.15, 0.2) is 0 Å². The van der Waals surface area contributed by atoms with E-state index in [0.717, 1.165) is 24.0 Å². The first kappa shape index (κ1) is 12.3. The summed E-state index contributed by atoms with van der Waals surface area (Å²) in [5.74, 6) is 3.65. The van der Waals surface area contributed by atoms with Crippen molar-refractivity contribution in [3.8, 4) is 0 Å². The fourth-order valence-electron chi connectivity index (χ4n) is 3.93. The molecule has 0 spiro atoms. The Morgan fingerprint density at radius 3 is 2.76 bits per heavy atom. The highest BCUT2D eigenvalue weighted by Crippen LogP contribution is 2.33. The van der Waals surface area contributed by atoms with Gasteiger partial charge in [0.25, 0.3) is 0 Å². The molecule has 98 valence electrons. The molecule has 1 saturated carbocycles. The first-order valence-electron chi connectivity index (χ1n) is 7.50. The van der Waals surface area contributed by atoms with Gasteiger partial charge in [0.1, 0.15) is 0 Å². The van der Waals surface area contributed by atoms with E-state index in [-0.39, 0.29) is 0 Å². The monoisotopic (exact) mass is 254 g/mol. The van der Waals surface area contributed by atoms with Gasteiger partial charge < -0.3 is 10.6 Å². The minimum Gasteiger partial charge on any atom is -0.314 e. The molecule has 17 heavy (non-hydrogen) atoms. The summed E-state index contributed by atoms with van der Waals surface area (Å²) in [6.45, 7) is 1.26. The molecule has 3 aliphatic rings. The zero-order valence-electron chi connectivity index (χ0n) is 10.8. The maximum Gasteiger partial charge on any atom is 0.0161 e. The average molecular weight is 254 g/mol. The Labute approximate surface area is 110 Å². The van der Waals surface area contributed by atoms with Crippen LogP contribution < -0.4 is 10.6 Å². The van der Waals surface area contributed by atoms with Crippen LogP contribution in [0.4, 0.5) is 0 Å². The minimum atomic E-state index is 0.806. The molecule has 0 aromatic heterocycles. The van der Waals surface area contributed by atoms with Crippen LogP contribution >= 0.6 is 11.8 Å². The number of nitrogens with one attached hydrogen (secondary N) is 2.